The predicted octanol–water partition coefficient (Wildman–Crippen LogP) is 3.58. The maximum Gasteiger partial charge on any atom is 0.407 e. The number of halogens is 3. The Morgan fingerprint density at radius 2 is 2.17 bits per heavy atom. The van der Waals surface area contributed by atoms with E-state index >= 15 is 0 Å². The number of aromatic nitrogens is 2. The van der Waals surface area contributed by atoms with Crippen molar-refractivity contribution in [2.45, 2.75) is 18.8 Å². The van der Waals surface area contributed by atoms with Gasteiger partial charge in [0.1, 0.15) is 6.04 Å². The van der Waals surface area contributed by atoms with Crippen molar-refractivity contribution in [3.63, 3.8) is 0 Å². The predicted molar refractivity (Wildman–Crippen MR) is 80.9 cm³/mol. The first-order valence-electron chi connectivity index (χ1n) is 6.62. The van der Waals surface area contributed by atoms with Crippen LogP contribution in [-0.2, 0) is 6.54 Å². The number of hydrogen-bond acceptors (Lipinski definition) is 4. The first-order valence-corrected chi connectivity index (χ1v) is 7.56. The fraction of sp³-hybridized carbons (Fsp3) is 0.200. The van der Waals surface area contributed by atoms with E-state index in [4.69, 9.17) is 11.0 Å². The molecule has 2 N–H and O–H groups in total. The molecular formula is C15H11F3N4S. The highest BCUT2D eigenvalue weighted by atomic mass is 32.1. The van der Waals surface area contributed by atoms with E-state index in [1.807, 2.05) is 11.4 Å². The Kier molecular flexibility index (Phi) is 3.83. The minimum Gasteiger partial charge on any atom is -0.341 e. The minimum atomic E-state index is -4.53. The summed E-state index contributed by atoms with van der Waals surface area (Å²) in [5, 5.41) is 11.2. The zero-order valence-electron chi connectivity index (χ0n) is 11.7. The van der Waals surface area contributed by atoms with Crippen molar-refractivity contribution in [1.82, 2.24) is 9.55 Å². The van der Waals surface area contributed by atoms with Gasteiger partial charge in [-0.3, -0.25) is 0 Å². The summed E-state index contributed by atoms with van der Waals surface area (Å²) in [5.41, 5.74) is 8.68. The third-order valence-electron chi connectivity index (χ3n) is 3.55. The summed E-state index contributed by atoms with van der Waals surface area (Å²) < 4.78 is 40.6. The molecule has 4 nitrogen and oxygen atoms in total. The summed E-state index contributed by atoms with van der Waals surface area (Å²) in [4.78, 5) is 4.14. The maximum atomic E-state index is 13.0. The van der Waals surface area contributed by atoms with Crippen molar-refractivity contribution >= 4 is 22.2 Å². The second-order valence-corrected chi connectivity index (χ2v) is 5.77. The van der Waals surface area contributed by atoms with Gasteiger partial charge in [0.15, 0.2) is 0 Å². The standard InChI is InChI=1S/C15H11F3N4S/c16-15(17,18)14(20)12-6-22(5-10-7-23-8-21-10)13-3-9(4-19)1-2-11(12)13/h1-3,6-8,14H,5,20H2. The van der Waals surface area contributed by atoms with Gasteiger partial charge in [-0.15, -0.1) is 11.3 Å². The largest absolute Gasteiger partial charge is 0.407 e. The zero-order valence-corrected chi connectivity index (χ0v) is 12.5. The van der Waals surface area contributed by atoms with E-state index in [1.54, 1.807) is 16.1 Å². The first kappa shape index (κ1) is 15.5. The smallest absolute Gasteiger partial charge is 0.341 e. The molecule has 0 fully saturated rings. The number of alkyl halides is 3. The van der Waals surface area contributed by atoms with Gasteiger partial charge in [-0.2, -0.15) is 18.4 Å². The fourth-order valence-corrected chi connectivity index (χ4v) is 2.98. The van der Waals surface area contributed by atoms with Crippen LogP contribution in [0.3, 0.4) is 0 Å². The molecule has 1 unspecified atom stereocenters. The molecule has 0 saturated heterocycles. The Morgan fingerprint density at radius 1 is 1.39 bits per heavy atom. The quantitative estimate of drug-likeness (QED) is 0.795. The maximum absolute atomic E-state index is 13.0. The fourth-order valence-electron chi connectivity index (χ4n) is 2.44. The lowest BCUT2D eigenvalue weighted by Crippen LogP contribution is -2.28. The van der Waals surface area contributed by atoms with E-state index in [9.17, 15) is 13.2 Å². The van der Waals surface area contributed by atoms with Gasteiger partial charge in [0.05, 0.1) is 34.9 Å². The van der Waals surface area contributed by atoms with Crippen LogP contribution in [0.25, 0.3) is 10.9 Å². The molecule has 0 bridgehead atoms. The van der Waals surface area contributed by atoms with E-state index in [0.29, 0.717) is 23.0 Å². The van der Waals surface area contributed by atoms with Crippen LogP contribution in [0.1, 0.15) is 22.9 Å². The number of nitrogens with two attached hydrogens (primary N) is 1. The molecule has 3 rings (SSSR count). The van der Waals surface area contributed by atoms with Crippen LogP contribution < -0.4 is 5.73 Å². The van der Waals surface area contributed by atoms with Crippen LogP contribution in [0.2, 0.25) is 0 Å². The van der Waals surface area contributed by atoms with Gasteiger partial charge in [-0.1, -0.05) is 6.07 Å². The van der Waals surface area contributed by atoms with Crippen molar-refractivity contribution < 1.29 is 13.2 Å². The average Bonchev–Trinajstić information content (AvgIpc) is 3.14. The van der Waals surface area contributed by atoms with Gasteiger partial charge in [0, 0.05) is 22.5 Å². The third kappa shape index (κ3) is 2.93. The molecule has 3 aromatic rings. The summed E-state index contributed by atoms with van der Waals surface area (Å²) in [6, 6.07) is 4.48. The van der Waals surface area contributed by atoms with Crippen LogP contribution >= 0.6 is 11.3 Å². The molecule has 0 aliphatic carbocycles. The Hall–Kier alpha value is -2.37. The van der Waals surface area contributed by atoms with Crippen molar-refractivity contribution in [1.29, 1.82) is 5.26 Å². The number of nitrogens with zero attached hydrogens (tertiary/aromatic N) is 3. The van der Waals surface area contributed by atoms with Crippen LogP contribution in [0, 0.1) is 11.3 Å². The van der Waals surface area contributed by atoms with Gasteiger partial charge in [0.25, 0.3) is 0 Å². The first-order chi connectivity index (χ1) is 10.9. The average molecular weight is 336 g/mol. The van der Waals surface area contributed by atoms with Crippen molar-refractivity contribution in [2.24, 2.45) is 5.73 Å². The van der Waals surface area contributed by atoms with E-state index in [2.05, 4.69) is 4.98 Å². The Balaban J connectivity index is 2.16. The Labute approximate surface area is 133 Å². The summed E-state index contributed by atoms with van der Waals surface area (Å²) in [7, 11) is 0. The second kappa shape index (κ2) is 5.68. The van der Waals surface area contributed by atoms with Gasteiger partial charge in [-0.25, -0.2) is 4.98 Å². The summed E-state index contributed by atoms with van der Waals surface area (Å²) in [6.07, 6.45) is -3.14. The molecule has 2 heterocycles. The van der Waals surface area contributed by atoms with Crippen molar-refractivity contribution in [3.8, 4) is 6.07 Å². The van der Waals surface area contributed by atoms with E-state index in [-0.39, 0.29) is 5.56 Å². The number of benzene rings is 1. The van der Waals surface area contributed by atoms with Crippen LogP contribution in [0.15, 0.2) is 35.3 Å². The molecule has 0 spiro atoms. The van der Waals surface area contributed by atoms with E-state index in [0.717, 1.165) is 5.69 Å². The number of hydrogen-bond donors (Lipinski definition) is 1. The topological polar surface area (TPSA) is 67.6 Å². The Morgan fingerprint density at radius 3 is 2.78 bits per heavy atom. The Bertz CT molecular complexity index is 875. The normalized spacial score (nSPS) is 13.2. The highest BCUT2D eigenvalue weighted by Gasteiger charge is 2.39. The minimum absolute atomic E-state index is 0.00720. The second-order valence-electron chi connectivity index (χ2n) is 5.06. The van der Waals surface area contributed by atoms with Crippen LogP contribution in [0.4, 0.5) is 13.2 Å². The lowest BCUT2D eigenvalue weighted by atomic mass is 10.1. The van der Waals surface area contributed by atoms with E-state index in [1.165, 1.54) is 29.7 Å². The SMILES string of the molecule is N#Cc1ccc2c(C(N)C(F)(F)F)cn(Cc3cscn3)c2c1. The summed E-state index contributed by atoms with van der Waals surface area (Å²) in [6.45, 7) is 0.319. The summed E-state index contributed by atoms with van der Waals surface area (Å²) in [5.74, 6) is 0. The summed E-state index contributed by atoms with van der Waals surface area (Å²) >= 11 is 1.41. The number of rotatable bonds is 3. The molecule has 0 saturated carbocycles. The monoisotopic (exact) mass is 336 g/mol. The molecule has 0 aliphatic heterocycles. The van der Waals surface area contributed by atoms with Crippen LogP contribution in [0.5, 0.6) is 0 Å². The molecule has 8 heteroatoms. The van der Waals surface area contributed by atoms with Gasteiger partial charge < -0.3 is 10.3 Å². The highest BCUT2D eigenvalue weighted by molar-refractivity contribution is 7.07. The molecule has 1 atom stereocenters. The zero-order chi connectivity index (χ0) is 16.6. The molecular weight excluding hydrogens is 325 g/mol. The molecule has 118 valence electrons. The third-order valence-corrected chi connectivity index (χ3v) is 4.18. The van der Waals surface area contributed by atoms with Crippen molar-refractivity contribution in [2.75, 3.05) is 0 Å². The lowest BCUT2D eigenvalue weighted by Gasteiger charge is -2.14. The number of fused-ring (bicyclic) bond motifs is 1. The molecule has 0 amide bonds. The van der Waals surface area contributed by atoms with Gasteiger partial charge in [-0.05, 0) is 12.1 Å². The van der Waals surface area contributed by atoms with Crippen molar-refractivity contribution in [3.05, 3.63) is 52.1 Å². The highest BCUT2D eigenvalue weighted by Crippen LogP contribution is 2.36. The van der Waals surface area contributed by atoms with Gasteiger partial charge >= 0.3 is 6.18 Å². The number of thiazole rings is 1. The molecule has 0 aliphatic rings. The van der Waals surface area contributed by atoms with Crippen LogP contribution in [-0.4, -0.2) is 15.7 Å². The molecule has 23 heavy (non-hydrogen) atoms. The van der Waals surface area contributed by atoms with E-state index < -0.39 is 12.2 Å². The number of nitriles is 1. The lowest BCUT2D eigenvalue weighted by molar-refractivity contribution is -0.148. The molecule has 2 aromatic heterocycles. The molecule has 0 radical (unpaired) electrons. The van der Waals surface area contributed by atoms with Gasteiger partial charge in [0.2, 0.25) is 0 Å². The molecule has 1 aromatic carbocycles.